The van der Waals surface area contributed by atoms with Crippen molar-refractivity contribution in [2.75, 3.05) is 6.54 Å². The quantitative estimate of drug-likeness (QED) is 0.294. The molecule has 21 heavy (non-hydrogen) atoms. The van der Waals surface area contributed by atoms with E-state index in [0.717, 1.165) is 0 Å². The first-order valence-electron chi connectivity index (χ1n) is 2.27. The Hall–Kier alpha value is 2.60. The average Bonchev–Trinajstić information content (AvgIpc) is 2.60. The van der Waals surface area contributed by atoms with Gasteiger partial charge in [-0.1, -0.05) is 0 Å². The Kier molecular flexibility index (Phi) is 752. The van der Waals surface area contributed by atoms with E-state index in [1.807, 2.05) is 0 Å². The summed E-state index contributed by atoms with van der Waals surface area (Å²) >= 11 is 23.7. The second-order valence-electron chi connectivity index (χ2n) is 0.598. The molecular weight excluding hydrogens is 548 g/mol. The number of carboxylic acid groups (broad SMARTS) is 1. The van der Waals surface area contributed by atoms with Gasteiger partial charge in [-0.15, -0.1) is 0 Å². The molecule has 0 aromatic rings. The van der Waals surface area contributed by atoms with Gasteiger partial charge in [0.2, 0.25) is 0 Å². The summed E-state index contributed by atoms with van der Waals surface area (Å²) in [6.07, 6.45) is 0. The zero-order valence-corrected chi connectivity index (χ0v) is 18.1. The van der Waals surface area contributed by atoms with Gasteiger partial charge in [0.15, 0.2) is 0 Å². The van der Waals surface area contributed by atoms with Crippen molar-refractivity contribution >= 4 is 106 Å². The van der Waals surface area contributed by atoms with Gasteiger partial charge in [0.05, 0.1) is 6.54 Å². The van der Waals surface area contributed by atoms with Crippen LogP contribution in [0, 0.1) is 0 Å². The fourth-order valence-electron chi connectivity index (χ4n) is 0. The largest absolute Gasteiger partial charge is 4.00 e. The van der Waals surface area contributed by atoms with E-state index in [9.17, 15) is 4.79 Å². The summed E-state index contributed by atoms with van der Waals surface area (Å²) in [7, 11) is 0. The number of hydrogen-bond acceptors (Lipinski definition) is 9. The summed E-state index contributed by atoms with van der Waals surface area (Å²) < 4.78 is 54.1. The van der Waals surface area contributed by atoms with Crippen LogP contribution in [0.1, 0.15) is 0 Å². The molecule has 3 N–H and O–H groups in total. The normalized spacial score (nSPS) is 3.76. The maximum Gasteiger partial charge on any atom is 4.00 e. The predicted octanol–water partition coefficient (Wildman–Crippen LogP) is -4.85. The molecule has 0 aliphatic rings. The standard InChI is InChI=1S/C2H5NO2.Al.7ClO.Zr/c3-1-2(4)5;;7*1-2;/h1,3H2,(H,4,5);;;;;;;;;/q;+3;7*-1;+4. The van der Waals surface area contributed by atoms with E-state index in [4.69, 9.17) is 37.7 Å². The Bertz CT molecular complexity index is 77.4. The van der Waals surface area contributed by atoms with Gasteiger partial charge in [-0.3, -0.25) is 4.79 Å². The topological polar surface area (TPSA) is 225 Å². The molecule has 0 atom stereocenters. The van der Waals surface area contributed by atoms with Crippen molar-refractivity contribution in [3.8, 4) is 0 Å². The Balaban J connectivity index is -0.00000000850. The van der Waals surface area contributed by atoms with Crippen LogP contribution >= 0.6 is 83.1 Å². The smallest absolute Gasteiger partial charge is 0.769 e. The molecule has 10 nitrogen and oxygen atoms in total. The molecule has 0 aromatic heterocycles. The molecule has 0 rings (SSSR count). The summed E-state index contributed by atoms with van der Waals surface area (Å²) in [5.74, 6) is -0.968. The summed E-state index contributed by atoms with van der Waals surface area (Å²) in [5, 5.41) is 7.60. The first-order valence-corrected chi connectivity index (χ1v) is 4.43. The Labute approximate surface area is 185 Å². The molecule has 0 heterocycles. The number of nitrogens with two attached hydrogens (primary N) is 1. The minimum absolute atomic E-state index is 0. The number of carbonyl (C=O) groups is 1. The van der Waals surface area contributed by atoms with Crippen LogP contribution < -0.4 is 38.3 Å². The molecule has 0 bridgehead atoms. The zero-order chi connectivity index (χ0) is 18.3. The molecule has 0 spiro atoms. The molecule has 0 aromatic carbocycles. The third-order valence-electron chi connectivity index (χ3n) is 0.175. The third-order valence-corrected chi connectivity index (χ3v) is 0.175. The fourth-order valence-corrected chi connectivity index (χ4v) is 0. The van der Waals surface area contributed by atoms with E-state index in [-0.39, 0.29) is 50.1 Å². The second kappa shape index (κ2) is 242. The van der Waals surface area contributed by atoms with E-state index in [0.29, 0.717) is 0 Å². The number of halogens is 7. The molecule has 0 aliphatic carbocycles. The molecule has 0 unspecified atom stereocenters. The number of hydrogen-bond donors (Lipinski definition) is 2. The third kappa shape index (κ3) is 454. The van der Waals surface area contributed by atoms with Crippen molar-refractivity contribution in [1.82, 2.24) is 0 Å². The number of carboxylic acids is 1. The minimum atomic E-state index is -0.968. The van der Waals surface area contributed by atoms with Crippen LogP contribution in [0.5, 0.6) is 0 Å². The molecule has 0 radical (unpaired) electrons. The van der Waals surface area contributed by atoms with E-state index >= 15 is 0 Å². The molecule has 0 fully saturated rings. The summed E-state index contributed by atoms with van der Waals surface area (Å²) in [6.45, 7) is -0.278. The van der Waals surface area contributed by atoms with E-state index < -0.39 is 5.97 Å². The maximum absolute atomic E-state index is 9.24. The van der Waals surface area contributed by atoms with Gasteiger partial charge >= 0.3 is 49.5 Å². The van der Waals surface area contributed by atoms with Gasteiger partial charge in [0, 0.05) is 0 Å². The molecule has 0 saturated carbocycles. The van der Waals surface area contributed by atoms with E-state index in [1.54, 1.807) is 0 Å². The van der Waals surface area contributed by atoms with E-state index in [1.165, 1.54) is 0 Å². The van der Waals surface area contributed by atoms with Crippen molar-refractivity contribution in [2.45, 2.75) is 0 Å². The second-order valence-corrected chi connectivity index (χ2v) is 0.598. The van der Waals surface area contributed by atoms with Gasteiger partial charge in [-0.25, -0.2) is 83.1 Å². The predicted molar refractivity (Wildman–Crippen MR) is 63.4 cm³/mol. The fraction of sp³-hybridized carbons (Fsp3) is 0.500. The Morgan fingerprint density at radius 2 is 0.762 bits per heavy atom. The van der Waals surface area contributed by atoms with Gasteiger partial charge in [-0.2, -0.15) is 0 Å². The van der Waals surface area contributed by atoms with Crippen molar-refractivity contribution in [3.05, 3.63) is 0 Å². The first-order chi connectivity index (χ1) is 9.27. The Morgan fingerprint density at radius 1 is 0.714 bits per heavy atom. The molecular formula is C2H5AlCl7NO9Zr. The maximum atomic E-state index is 9.24. The number of rotatable bonds is 1. The van der Waals surface area contributed by atoms with Crippen molar-refractivity contribution in [1.29, 1.82) is 0 Å². The van der Waals surface area contributed by atoms with Crippen LogP contribution in [0.4, 0.5) is 0 Å². The summed E-state index contributed by atoms with van der Waals surface area (Å²) in [6, 6.07) is 0. The SMILES string of the molecule is NCC(=O)O.[Al+3].[O-]Cl.[O-]Cl.[O-]Cl.[O-]Cl.[O-]Cl.[O-]Cl.[O-]Cl.[Zr+4]. The van der Waals surface area contributed by atoms with Gasteiger partial charge in [-0.05, 0) is 0 Å². The van der Waals surface area contributed by atoms with Crippen LogP contribution in [0.2, 0.25) is 0 Å². The molecule has 19 heteroatoms. The van der Waals surface area contributed by atoms with Gasteiger partial charge < -0.3 is 43.5 Å². The molecule has 128 valence electrons. The molecule has 0 saturated heterocycles. The first kappa shape index (κ1) is 65.2. The van der Waals surface area contributed by atoms with Crippen molar-refractivity contribution < 1.29 is 68.7 Å². The van der Waals surface area contributed by atoms with Crippen LogP contribution in [-0.2, 0) is 31.0 Å². The minimum Gasteiger partial charge on any atom is -0.769 e. The van der Waals surface area contributed by atoms with Crippen LogP contribution in [0.25, 0.3) is 0 Å². The van der Waals surface area contributed by atoms with Crippen LogP contribution in [-0.4, -0.2) is 35.0 Å². The van der Waals surface area contributed by atoms with E-state index in [2.05, 4.69) is 88.8 Å². The average molecular weight is 553 g/mol. The van der Waals surface area contributed by atoms with Crippen molar-refractivity contribution in [3.63, 3.8) is 0 Å². The number of aliphatic carboxylic acids is 1. The Morgan fingerprint density at radius 3 is 0.762 bits per heavy atom. The monoisotopic (exact) mass is 549 g/mol. The summed E-state index contributed by atoms with van der Waals surface area (Å²) in [4.78, 5) is 9.24. The zero-order valence-electron chi connectivity index (χ0n) is 9.22. The summed E-state index contributed by atoms with van der Waals surface area (Å²) in [5.41, 5.74) is 4.57. The van der Waals surface area contributed by atoms with Crippen LogP contribution in [0.3, 0.4) is 0 Å². The van der Waals surface area contributed by atoms with Gasteiger partial charge in [0.1, 0.15) is 0 Å². The van der Waals surface area contributed by atoms with Gasteiger partial charge in [0.25, 0.3) is 0 Å². The van der Waals surface area contributed by atoms with Crippen LogP contribution in [0.15, 0.2) is 0 Å². The van der Waals surface area contributed by atoms with Crippen molar-refractivity contribution in [2.24, 2.45) is 5.73 Å². The molecule has 0 aliphatic heterocycles. The molecule has 0 amide bonds.